The van der Waals surface area contributed by atoms with Crippen molar-refractivity contribution in [2.75, 3.05) is 10.0 Å². The Balaban J connectivity index is 1.75. The lowest BCUT2D eigenvalue weighted by Crippen LogP contribution is -2.12. The minimum absolute atomic E-state index is 0.224. The molecule has 0 saturated carbocycles. The molecule has 0 aliphatic heterocycles. The number of hydrogen-bond acceptors (Lipinski definition) is 3. The van der Waals surface area contributed by atoms with E-state index in [-0.39, 0.29) is 4.90 Å². The van der Waals surface area contributed by atoms with E-state index >= 15 is 0 Å². The lowest BCUT2D eigenvalue weighted by Gasteiger charge is -2.10. The third-order valence-electron chi connectivity index (χ3n) is 3.53. The van der Waals surface area contributed by atoms with E-state index in [1.807, 2.05) is 49.4 Å². The molecule has 3 aromatic carbocycles. The molecule has 122 valence electrons. The summed E-state index contributed by atoms with van der Waals surface area (Å²) in [7, 11) is -3.59. The van der Waals surface area contributed by atoms with Crippen LogP contribution in [0.3, 0.4) is 0 Å². The minimum Gasteiger partial charge on any atom is -0.356 e. The largest absolute Gasteiger partial charge is 0.356 e. The molecule has 3 aromatic rings. The molecule has 0 amide bonds. The summed E-state index contributed by atoms with van der Waals surface area (Å²) in [5.41, 5.74) is 3.41. The second-order valence-corrected chi connectivity index (χ2v) is 7.17. The normalized spacial score (nSPS) is 11.0. The van der Waals surface area contributed by atoms with Crippen LogP contribution in [0.25, 0.3) is 0 Å². The van der Waals surface area contributed by atoms with Crippen LogP contribution < -0.4 is 10.0 Å². The van der Waals surface area contributed by atoms with Crippen molar-refractivity contribution >= 4 is 27.1 Å². The fourth-order valence-corrected chi connectivity index (χ4v) is 3.30. The molecular formula is C19H18N2O2S. The zero-order chi connectivity index (χ0) is 17.0. The van der Waals surface area contributed by atoms with Crippen LogP contribution >= 0.6 is 0 Å². The molecule has 0 aromatic heterocycles. The Bertz CT molecular complexity index is 904. The molecule has 0 heterocycles. The van der Waals surface area contributed by atoms with Crippen LogP contribution in [-0.2, 0) is 10.0 Å². The van der Waals surface area contributed by atoms with E-state index in [0.29, 0.717) is 5.69 Å². The molecule has 0 aliphatic carbocycles. The van der Waals surface area contributed by atoms with Gasteiger partial charge in [-0.3, -0.25) is 4.72 Å². The smallest absolute Gasteiger partial charge is 0.261 e. The fraction of sp³-hybridized carbons (Fsp3) is 0.0526. The summed E-state index contributed by atoms with van der Waals surface area (Å²) in [5.74, 6) is 0. The van der Waals surface area contributed by atoms with E-state index in [1.165, 1.54) is 0 Å². The van der Waals surface area contributed by atoms with E-state index in [9.17, 15) is 8.42 Å². The quantitative estimate of drug-likeness (QED) is 0.718. The average molecular weight is 338 g/mol. The van der Waals surface area contributed by atoms with Gasteiger partial charge in [0.15, 0.2) is 0 Å². The van der Waals surface area contributed by atoms with E-state index in [0.717, 1.165) is 16.9 Å². The predicted octanol–water partition coefficient (Wildman–Crippen LogP) is 4.54. The summed E-state index contributed by atoms with van der Waals surface area (Å²) in [5, 5.41) is 3.22. The van der Waals surface area contributed by atoms with Crippen molar-refractivity contribution in [1.29, 1.82) is 0 Å². The maximum atomic E-state index is 12.4. The summed E-state index contributed by atoms with van der Waals surface area (Å²) in [6.45, 7) is 1.96. The first kappa shape index (κ1) is 16.1. The second kappa shape index (κ2) is 6.76. The molecule has 5 heteroatoms. The van der Waals surface area contributed by atoms with E-state index in [2.05, 4.69) is 10.0 Å². The molecule has 2 N–H and O–H groups in total. The first-order chi connectivity index (χ1) is 11.5. The highest BCUT2D eigenvalue weighted by atomic mass is 32.2. The van der Waals surface area contributed by atoms with Gasteiger partial charge in [0.25, 0.3) is 10.0 Å². The Morgan fingerprint density at radius 2 is 1.21 bits per heavy atom. The third kappa shape index (κ3) is 3.94. The predicted molar refractivity (Wildman–Crippen MR) is 98.2 cm³/mol. The van der Waals surface area contributed by atoms with Crippen LogP contribution in [0.2, 0.25) is 0 Å². The van der Waals surface area contributed by atoms with Gasteiger partial charge in [-0.1, -0.05) is 35.9 Å². The van der Waals surface area contributed by atoms with E-state index in [4.69, 9.17) is 0 Å². The lowest BCUT2D eigenvalue weighted by molar-refractivity contribution is 0.601. The first-order valence-electron chi connectivity index (χ1n) is 7.54. The zero-order valence-corrected chi connectivity index (χ0v) is 14.0. The fourth-order valence-electron chi connectivity index (χ4n) is 2.24. The summed E-state index contributed by atoms with van der Waals surface area (Å²) >= 11 is 0. The average Bonchev–Trinajstić information content (AvgIpc) is 2.58. The van der Waals surface area contributed by atoms with Crippen LogP contribution in [0.4, 0.5) is 17.1 Å². The maximum Gasteiger partial charge on any atom is 0.261 e. The molecule has 4 nitrogen and oxygen atoms in total. The van der Waals surface area contributed by atoms with Crippen molar-refractivity contribution in [2.24, 2.45) is 0 Å². The Labute approximate surface area is 142 Å². The van der Waals surface area contributed by atoms with Gasteiger partial charge < -0.3 is 5.32 Å². The summed E-state index contributed by atoms with van der Waals surface area (Å²) in [4.78, 5) is 0.224. The van der Waals surface area contributed by atoms with Gasteiger partial charge in [-0.25, -0.2) is 8.42 Å². The number of nitrogens with one attached hydrogen (secondary N) is 2. The van der Waals surface area contributed by atoms with Gasteiger partial charge in [-0.15, -0.1) is 0 Å². The molecule has 0 atom stereocenters. The number of aryl methyl sites for hydroxylation is 1. The number of rotatable bonds is 5. The highest BCUT2D eigenvalue weighted by Crippen LogP contribution is 2.21. The van der Waals surface area contributed by atoms with Crippen LogP contribution in [0, 0.1) is 6.92 Å². The number of sulfonamides is 1. The zero-order valence-electron chi connectivity index (χ0n) is 13.2. The van der Waals surface area contributed by atoms with Gasteiger partial charge in [0.2, 0.25) is 0 Å². The van der Waals surface area contributed by atoms with Crippen molar-refractivity contribution in [3.8, 4) is 0 Å². The van der Waals surface area contributed by atoms with Gasteiger partial charge in [-0.05, 0) is 55.5 Å². The molecule has 0 unspecified atom stereocenters. The van der Waals surface area contributed by atoms with Crippen molar-refractivity contribution in [2.45, 2.75) is 11.8 Å². The van der Waals surface area contributed by atoms with Gasteiger partial charge in [0.1, 0.15) is 0 Å². The molecule has 24 heavy (non-hydrogen) atoms. The van der Waals surface area contributed by atoms with Gasteiger partial charge >= 0.3 is 0 Å². The number of hydrogen-bond donors (Lipinski definition) is 2. The second-order valence-electron chi connectivity index (χ2n) is 5.49. The Kier molecular flexibility index (Phi) is 4.53. The SMILES string of the molecule is Cc1ccc(NS(=O)(=O)c2ccc(Nc3ccccc3)cc2)cc1. The van der Waals surface area contributed by atoms with E-state index in [1.54, 1.807) is 36.4 Å². The molecule has 0 bridgehead atoms. The topological polar surface area (TPSA) is 58.2 Å². The van der Waals surface area contributed by atoms with Gasteiger partial charge in [-0.2, -0.15) is 0 Å². The highest BCUT2D eigenvalue weighted by Gasteiger charge is 2.13. The van der Waals surface area contributed by atoms with Crippen LogP contribution in [0.5, 0.6) is 0 Å². The van der Waals surface area contributed by atoms with Crippen molar-refractivity contribution in [3.63, 3.8) is 0 Å². The standard InChI is InChI=1S/C19H18N2O2S/c1-15-7-9-18(10-8-15)21-24(22,23)19-13-11-17(12-14-19)20-16-5-3-2-4-6-16/h2-14,20-21H,1H3. The van der Waals surface area contributed by atoms with Gasteiger partial charge in [0, 0.05) is 17.1 Å². The van der Waals surface area contributed by atoms with Crippen molar-refractivity contribution in [3.05, 3.63) is 84.4 Å². The Morgan fingerprint density at radius 3 is 1.83 bits per heavy atom. The summed E-state index contributed by atoms with van der Waals surface area (Å²) in [6, 6.07) is 23.6. The molecule has 3 rings (SSSR count). The van der Waals surface area contributed by atoms with Crippen LogP contribution in [0.15, 0.2) is 83.8 Å². The monoisotopic (exact) mass is 338 g/mol. The Hall–Kier alpha value is -2.79. The molecule has 0 spiro atoms. The number of benzene rings is 3. The molecule has 0 saturated heterocycles. The highest BCUT2D eigenvalue weighted by molar-refractivity contribution is 7.92. The molecule has 0 fully saturated rings. The minimum atomic E-state index is -3.59. The van der Waals surface area contributed by atoms with Crippen molar-refractivity contribution < 1.29 is 8.42 Å². The lowest BCUT2D eigenvalue weighted by atomic mass is 10.2. The van der Waals surface area contributed by atoms with Crippen molar-refractivity contribution in [1.82, 2.24) is 0 Å². The first-order valence-corrected chi connectivity index (χ1v) is 9.03. The van der Waals surface area contributed by atoms with Crippen LogP contribution in [0.1, 0.15) is 5.56 Å². The summed E-state index contributed by atoms with van der Waals surface area (Å²) in [6.07, 6.45) is 0. The van der Waals surface area contributed by atoms with E-state index < -0.39 is 10.0 Å². The maximum absolute atomic E-state index is 12.4. The third-order valence-corrected chi connectivity index (χ3v) is 4.93. The summed E-state index contributed by atoms with van der Waals surface area (Å²) < 4.78 is 27.4. The number of para-hydroxylation sites is 1. The van der Waals surface area contributed by atoms with Crippen LogP contribution in [-0.4, -0.2) is 8.42 Å². The Morgan fingerprint density at radius 1 is 0.667 bits per heavy atom. The number of anilines is 3. The molecule has 0 radical (unpaired) electrons. The molecule has 0 aliphatic rings. The van der Waals surface area contributed by atoms with Gasteiger partial charge in [0.05, 0.1) is 4.90 Å². The molecular weight excluding hydrogens is 320 g/mol.